The molecule has 1 fully saturated rings. The van der Waals surface area contributed by atoms with Gasteiger partial charge in [-0.3, -0.25) is 0 Å². The zero-order valence-electron chi connectivity index (χ0n) is 15.5. The van der Waals surface area contributed by atoms with Gasteiger partial charge >= 0.3 is 0 Å². The number of ether oxygens (including phenoxy) is 1. The molecule has 0 saturated carbocycles. The average Bonchev–Trinajstić information content (AvgIpc) is 3.16. The van der Waals surface area contributed by atoms with Crippen molar-refractivity contribution in [3.8, 4) is 0 Å². The standard InChI is InChI=1S/C17H24N4O4S2/c1-3-4-5-15-19-17(25-20-15)13(2)26-16-7-6-14(12-18-16)27(22,23)21-8-10-24-11-9-21/h6-7,12-13H,3-5,8-11H2,1-2H3/t13-/m1/s1. The lowest BCUT2D eigenvalue weighted by Gasteiger charge is -2.25. The first kappa shape index (κ1) is 20.2. The van der Waals surface area contributed by atoms with Crippen molar-refractivity contribution >= 4 is 21.8 Å². The molecule has 1 atom stereocenters. The topological polar surface area (TPSA) is 98.4 Å². The number of aromatic nitrogens is 3. The lowest BCUT2D eigenvalue weighted by Crippen LogP contribution is -2.40. The third-order valence-electron chi connectivity index (χ3n) is 4.20. The lowest BCUT2D eigenvalue weighted by molar-refractivity contribution is 0.0730. The normalized spacial score (nSPS) is 17.1. The van der Waals surface area contributed by atoms with Gasteiger partial charge < -0.3 is 9.26 Å². The molecule has 0 amide bonds. The number of pyridine rings is 1. The van der Waals surface area contributed by atoms with Crippen LogP contribution in [-0.2, 0) is 21.2 Å². The summed E-state index contributed by atoms with van der Waals surface area (Å²) in [6.07, 6.45) is 4.32. The van der Waals surface area contributed by atoms with Crippen LogP contribution in [0.3, 0.4) is 0 Å². The van der Waals surface area contributed by atoms with E-state index in [2.05, 4.69) is 22.0 Å². The highest BCUT2D eigenvalue weighted by Crippen LogP contribution is 2.33. The van der Waals surface area contributed by atoms with Gasteiger partial charge in [0, 0.05) is 25.7 Å². The first-order valence-electron chi connectivity index (χ1n) is 9.04. The van der Waals surface area contributed by atoms with Crippen LogP contribution in [-0.4, -0.2) is 54.2 Å². The van der Waals surface area contributed by atoms with E-state index in [9.17, 15) is 8.42 Å². The third kappa shape index (κ3) is 5.07. The van der Waals surface area contributed by atoms with E-state index in [-0.39, 0.29) is 10.1 Å². The summed E-state index contributed by atoms with van der Waals surface area (Å²) in [6.45, 7) is 5.65. The molecule has 0 N–H and O–H groups in total. The highest BCUT2D eigenvalue weighted by atomic mass is 32.2. The van der Waals surface area contributed by atoms with Crippen molar-refractivity contribution < 1.29 is 17.7 Å². The Morgan fingerprint density at radius 2 is 2.07 bits per heavy atom. The molecule has 2 aromatic heterocycles. The van der Waals surface area contributed by atoms with E-state index in [4.69, 9.17) is 9.26 Å². The Morgan fingerprint density at radius 3 is 2.74 bits per heavy atom. The quantitative estimate of drug-likeness (QED) is 0.610. The number of unbranched alkanes of at least 4 members (excludes halogenated alkanes) is 1. The largest absolute Gasteiger partial charge is 0.379 e. The Morgan fingerprint density at radius 1 is 1.30 bits per heavy atom. The highest BCUT2D eigenvalue weighted by molar-refractivity contribution is 7.99. The average molecular weight is 413 g/mol. The molecule has 1 aliphatic heterocycles. The smallest absolute Gasteiger partial charge is 0.244 e. The second kappa shape index (κ2) is 9.13. The van der Waals surface area contributed by atoms with Crippen molar-refractivity contribution in [2.24, 2.45) is 0 Å². The number of nitrogens with zero attached hydrogens (tertiary/aromatic N) is 4. The predicted octanol–water partition coefficient (Wildman–Crippen LogP) is 2.68. The van der Waals surface area contributed by atoms with E-state index in [0.717, 1.165) is 25.1 Å². The molecule has 3 heterocycles. The minimum absolute atomic E-state index is 0.0675. The minimum atomic E-state index is -3.52. The maximum absolute atomic E-state index is 12.6. The first-order chi connectivity index (χ1) is 13.0. The molecule has 0 radical (unpaired) electrons. The summed E-state index contributed by atoms with van der Waals surface area (Å²) in [5.41, 5.74) is 0. The van der Waals surface area contributed by atoms with E-state index in [0.29, 0.717) is 37.2 Å². The maximum Gasteiger partial charge on any atom is 0.244 e. The molecule has 8 nitrogen and oxygen atoms in total. The Kier molecular flexibility index (Phi) is 6.85. The summed E-state index contributed by atoms with van der Waals surface area (Å²) in [7, 11) is -3.52. The SMILES string of the molecule is CCCCc1noc([C@@H](C)Sc2ccc(S(=O)(=O)N3CCOCC3)cn2)n1. The molecule has 148 valence electrons. The zero-order valence-corrected chi connectivity index (χ0v) is 17.1. The van der Waals surface area contributed by atoms with Gasteiger partial charge in [0.05, 0.1) is 23.5 Å². The Balaban J connectivity index is 1.64. The van der Waals surface area contributed by atoms with Crippen LogP contribution in [0.5, 0.6) is 0 Å². The van der Waals surface area contributed by atoms with Gasteiger partial charge in [-0.25, -0.2) is 13.4 Å². The number of hydrogen-bond donors (Lipinski definition) is 0. The molecule has 0 unspecified atom stereocenters. The van der Waals surface area contributed by atoms with Crippen LogP contribution in [0.25, 0.3) is 0 Å². The van der Waals surface area contributed by atoms with Gasteiger partial charge in [0.25, 0.3) is 0 Å². The summed E-state index contributed by atoms with van der Waals surface area (Å²) in [5, 5.41) is 4.64. The molecule has 0 aromatic carbocycles. The van der Waals surface area contributed by atoms with Crippen molar-refractivity contribution in [2.45, 2.75) is 48.3 Å². The van der Waals surface area contributed by atoms with Crippen LogP contribution in [0.2, 0.25) is 0 Å². The Bertz CT molecular complexity index is 833. The second-order valence-electron chi connectivity index (χ2n) is 6.26. The van der Waals surface area contributed by atoms with Gasteiger partial charge in [-0.2, -0.15) is 9.29 Å². The number of aryl methyl sites for hydroxylation is 1. The van der Waals surface area contributed by atoms with Crippen LogP contribution in [0, 0.1) is 0 Å². The maximum atomic E-state index is 12.6. The van der Waals surface area contributed by atoms with Crippen LogP contribution in [0.15, 0.2) is 32.8 Å². The minimum Gasteiger partial charge on any atom is -0.379 e. The summed E-state index contributed by atoms with van der Waals surface area (Å²) in [6, 6.07) is 3.30. The summed E-state index contributed by atoms with van der Waals surface area (Å²) < 4.78 is 37.2. The van der Waals surface area contributed by atoms with Crippen LogP contribution in [0.1, 0.15) is 43.7 Å². The van der Waals surface area contributed by atoms with Crippen molar-refractivity contribution in [1.82, 2.24) is 19.4 Å². The van der Waals surface area contributed by atoms with E-state index in [1.54, 1.807) is 12.1 Å². The molecular weight excluding hydrogens is 388 g/mol. The fourth-order valence-electron chi connectivity index (χ4n) is 2.63. The van der Waals surface area contributed by atoms with E-state index >= 15 is 0 Å². The highest BCUT2D eigenvalue weighted by Gasteiger charge is 2.26. The van der Waals surface area contributed by atoms with Crippen molar-refractivity contribution in [2.75, 3.05) is 26.3 Å². The van der Waals surface area contributed by atoms with Crippen LogP contribution < -0.4 is 0 Å². The van der Waals surface area contributed by atoms with Gasteiger partial charge in [0.2, 0.25) is 15.9 Å². The molecule has 0 bridgehead atoms. The first-order valence-corrected chi connectivity index (χ1v) is 11.4. The summed E-state index contributed by atoms with van der Waals surface area (Å²) in [5.74, 6) is 1.28. The van der Waals surface area contributed by atoms with Crippen LogP contribution in [0.4, 0.5) is 0 Å². The van der Waals surface area contributed by atoms with Gasteiger partial charge in [0.15, 0.2) is 5.82 Å². The van der Waals surface area contributed by atoms with Gasteiger partial charge in [0.1, 0.15) is 4.90 Å². The van der Waals surface area contributed by atoms with Gasteiger partial charge in [-0.1, -0.05) is 30.3 Å². The Labute approximate surface area is 163 Å². The fourth-order valence-corrected chi connectivity index (χ4v) is 4.80. The number of sulfonamides is 1. The molecule has 0 aliphatic carbocycles. The fraction of sp³-hybridized carbons (Fsp3) is 0.588. The van der Waals surface area contributed by atoms with Crippen molar-refractivity contribution in [3.63, 3.8) is 0 Å². The molecule has 27 heavy (non-hydrogen) atoms. The van der Waals surface area contributed by atoms with Gasteiger partial charge in [-0.05, 0) is 25.5 Å². The molecule has 3 rings (SSSR count). The van der Waals surface area contributed by atoms with E-state index < -0.39 is 10.0 Å². The monoisotopic (exact) mass is 412 g/mol. The summed E-state index contributed by atoms with van der Waals surface area (Å²) >= 11 is 1.45. The molecular formula is C17H24N4O4S2. The van der Waals surface area contributed by atoms with Gasteiger partial charge in [-0.15, -0.1) is 0 Å². The van der Waals surface area contributed by atoms with Crippen molar-refractivity contribution in [1.29, 1.82) is 0 Å². The van der Waals surface area contributed by atoms with Crippen molar-refractivity contribution in [3.05, 3.63) is 30.0 Å². The van der Waals surface area contributed by atoms with Crippen LogP contribution >= 0.6 is 11.8 Å². The molecule has 1 aliphatic rings. The molecule has 1 saturated heterocycles. The van der Waals surface area contributed by atoms with E-state index in [1.165, 1.54) is 22.3 Å². The zero-order chi connectivity index (χ0) is 19.3. The number of thioether (sulfide) groups is 1. The number of hydrogen-bond acceptors (Lipinski definition) is 8. The molecule has 2 aromatic rings. The van der Waals surface area contributed by atoms with E-state index in [1.807, 2.05) is 6.92 Å². The second-order valence-corrected chi connectivity index (χ2v) is 9.56. The molecule has 10 heteroatoms. The Hall–Kier alpha value is -1.49. The molecule has 0 spiro atoms. The number of rotatable bonds is 8. The third-order valence-corrected chi connectivity index (χ3v) is 7.12. The predicted molar refractivity (Wildman–Crippen MR) is 101 cm³/mol. The summed E-state index contributed by atoms with van der Waals surface area (Å²) in [4.78, 5) is 8.91. The number of morpholine rings is 1. The lowest BCUT2D eigenvalue weighted by atomic mass is 10.2.